The summed E-state index contributed by atoms with van der Waals surface area (Å²) in [6, 6.07) is 3.32. The van der Waals surface area contributed by atoms with Crippen LogP contribution < -0.4 is 5.32 Å². The summed E-state index contributed by atoms with van der Waals surface area (Å²) in [5, 5.41) is 3.06. The molecule has 1 aromatic heterocycles. The highest BCUT2D eigenvalue weighted by molar-refractivity contribution is 7.16. The summed E-state index contributed by atoms with van der Waals surface area (Å²) < 4.78 is 40.1. The lowest BCUT2D eigenvalue weighted by molar-refractivity contribution is -0.199. The zero-order valence-electron chi connectivity index (χ0n) is 10.6. The van der Waals surface area contributed by atoms with Gasteiger partial charge in [0.1, 0.15) is 0 Å². The molecule has 0 saturated heterocycles. The van der Waals surface area contributed by atoms with Gasteiger partial charge in [-0.1, -0.05) is 24.4 Å². The van der Waals surface area contributed by atoms with Gasteiger partial charge in [0.2, 0.25) is 0 Å². The molecule has 1 N–H and O–H groups in total. The molecule has 1 aliphatic carbocycles. The van der Waals surface area contributed by atoms with Gasteiger partial charge in [-0.2, -0.15) is 13.2 Å². The molecule has 0 bridgehead atoms. The lowest BCUT2D eigenvalue weighted by Crippen LogP contribution is -2.39. The SMILES string of the molecule is CNC(c1ccc(Cl)s1)C1CCCCC1C(F)(F)F. The minimum Gasteiger partial charge on any atom is -0.312 e. The van der Waals surface area contributed by atoms with Crippen molar-refractivity contribution in [1.82, 2.24) is 5.32 Å². The van der Waals surface area contributed by atoms with E-state index < -0.39 is 18.0 Å². The van der Waals surface area contributed by atoms with Crippen molar-refractivity contribution < 1.29 is 13.2 Å². The Bertz CT molecular complexity index is 418. The molecule has 108 valence electrons. The molecule has 1 aliphatic rings. The van der Waals surface area contributed by atoms with Crippen molar-refractivity contribution in [3.05, 3.63) is 21.3 Å². The van der Waals surface area contributed by atoms with E-state index in [1.807, 2.05) is 6.07 Å². The molecule has 3 atom stereocenters. The van der Waals surface area contributed by atoms with Crippen LogP contribution in [0.1, 0.15) is 36.6 Å². The van der Waals surface area contributed by atoms with Crippen molar-refractivity contribution in [1.29, 1.82) is 0 Å². The summed E-state index contributed by atoms with van der Waals surface area (Å²) in [6.45, 7) is 0. The number of hydrogen-bond donors (Lipinski definition) is 1. The molecule has 0 spiro atoms. The third-order valence-corrected chi connectivity index (χ3v) is 5.19. The summed E-state index contributed by atoms with van der Waals surface area (Å²) >= 11 is 7.26. The third-order valence-electron chi connectivity index (χ3n) is 3.88. The smallest absolute Gasteiger partial charge is 0.312 e. The van der Waals surface area contributed by atoms with Gasteiger partial charge in [-0.05, 0) is 37.9 Å². The van der Waals surface area contributed by atoms with Crippen LogP contribution in [0.4, 0.5) is 13.2 Å². The van der Waals surface area contributed by atoms with Gasteiger partial charge in [0.25, 0.3) is 0 Å². The van der Waals surface area contributed by atoms with Crippen LogP contribution in [0.2, 0.25) is 4.34 Å². The molecule has 3 unspecified atom stereocenters. The van der Waals surface area contributed by atoms with E-state index in [0.29, 0.717) is 17.2 Å². The maximum atomic E-state index is 13.2. The van der Waals surface area contributed by atoms with Gasteiger partial charge in [-0.15, -0.1) is 11.3 Å². The molecule has 1 aromatic rings. The van der Waals surface area contributed by atoms with Gasteiger partial charge in [0.15, 0.2) is 0 Å². The van der Waals surface area contributed by atoms with E-state index in [1.54, 1.807) is 13.1 Å². The molecular weight excluding hydrogens is 295 g/mol. The number of hydrogen-bond acceptors (Lipinski definition) is 2. The van der Waals surface area contributed by atoms with Crippen molar-refractivity contribution in [2.45, 2.75) is 37.9 Å². The Kier molecular flexibility index (Phi) is 4.79. The van der Waals surface area contributed by atoms with Gasteiger partial charge >= 0.3 is 6.18 Å². The van der Waals surface area contributed by atoms with E-state index in [-0.39, 0.29) is 12.5 Å². The first kappa shape index (κ1) is 15.1. The lowest BCUT2D eigenvalue weighted by Gasteiger charge is -2.37. The second-order valence-corrected chi connectivity index (χ2v) is 6.75. The van der Waals surface area contributed by atoms with E-state index in [1.165, 1.54) is 11.3 Å². The Morgan fingerprint density at radius 3 is 2.53 bits per heavy atom. The predicted molar refractivity (Wildman–Crippen MR) is 72.6 cm³/mol. The zero-order chi connectivity index (χ0) is 14.0. The summed E-state index contributed by atoms with van der Waals surface area (Å²) in [5.41, 5.74) is 0. The van der Waals surface area contributed by atoms with Gasteiger partial charge in [-0.25, -0.2) is 0 Å². The van der Waals surface area contributed by atoms with Crippen molar-refractivity contribution in [3.8, 4) is 0 Å². The largest absolute Gasteiger partial charge is 0.392 e. The number of thiophene rings is 1. The summed E-state index contributed by atoms with van der Waals surface area (Å²) in [6.07, 6.45) is -1.71. The lowest BCUT2D eigenvalue weighted by atomic mass is 9.74. The maximum absolute atomic E-state index is 13.2. The number of nitrogens with one attached hydrogen (secondary N) is 1. The van der Waals surface area contributed by atoms with Crippen LogP contribution in [0.15, 0.2) is 12.1 Å². The van der Waals surface area contributed by atoms with Crippen molar-refractivity contribution in [2.24, 2.45) is 11.8 Å². The molecule has 0 amide bonds. The second kappa shape index (κ2) is 6.02. The van der Waals surface area contributed by atoms with E-state index in [0.717, 1.165) is 11.3 Å². The minimum absolute atomic E-state index is 0.242. The summed E-state index contributed by atoms with van der Waals surface area (Å²) in [7, 11) is 1.72. The van der Waals surface area contributed by atoms with Crippen LogP contribution in [0.25, 0.3) is 0 Å². The number of halogens is 4. The van der Waals surface area contributed by atoms with Crippen molar-refractivity contribution in [2.75, 3.05) is 7.05 Å². The highest BCUT2D eigenvalue weighted by Crippen LogP contribution is 2.47. The zero-order valence-corrected chi connectivity index (χ0v) is 12.2. The van der Waals surface area contributed by atoms with Crippen LogP contribution in [0, 0.1) is 11.8 Å². The summed E-state index contributed by atoms with van der Waals surface area (Å²) in [4.78, 5) is 0.897. The topological polar surface area (TPSA) is 12.0 Å². The highest BCUT2D eigenvalue weighted by Gasteiger charge is 2.48. The van der Waals surface area contributed by atoms with Gasteiger partial charge in [0, 0.05) is 10.9 Å². The Morgan fingerprint density at radius 2 is 2.00 bits per heavy atom. The molecule has 1 saturated carbocycles. The Labute approximate surface area is 120 Å². The normalized spacial score (nSPS) is 26.4. The first-order chi connectivity index (χ1) is 8.93. The molecule has 0 aliphatic heterocycles. The van der Waals surface area contributed by atoms with E-state index in [9.17, 15) is 13.2 Å². The molecule has 19 heavy (non-hydrogen) atoms. The van der Waals surface area contributed by atoms with Gasteiger partial charge in [-0.3, -0.25) is 0 Å². The van der Waals surface area contributed by atoms with Gasteiger partial charge in [0.05, 0.1) is 10.3 Å². The number of rotatable bonds is 3. The quantitative estimate of drug-likeness (QED) is 0.825. The average Bonchev–Trinajstić information content (AvgIpc) is 2.76. The molecule has 2 rings (SSSR count). The van der Waals surface area contributed by atoms with E-state index >= 15 is 0 Å². The Hall–Kier alpha value is -0.260. The number of alkyl halides is 3. The maximum Gasteiger partial charge on any atom is 0.392 e. The monoisotopic (exact) mass is 311 g/mol. The third kappa shape index (κ3) is 3.44. The minimum atomic E-state index is -4.11. The molecule has 0 aromatic carbocycles. The first-order valence-electron chi connectivity index (χ1n) is 6.42. The van der Waals surface area contributed by atoms with Crippen LogP contribution in [0.5, 0.6) is 0 Å². The van der Waals surface area contributed by atoms with E-state index in [2.05, 4.69) is 5.32 Å². The van der Waals surface area contributed by atoms with Crippen LogP contribution in [-0.2, 0) is 0 Å². The fourth-order valence-electron chi connectivity index (χ4n) is 3.03. The van der Waals surface area contributed by atoms with E-state index in [4.69, 9.17) is 11.6 Å². The standard InChI is InChI=1S/C13H17ClF3NS/c1-18-12(10-6-7-11(14)19-10)8-4-2-3-5-9(8)13(15,16)17/h6-9,12,18H,2-5H2,1H3. The average molecular weight is 312 g/mol. The van der Waals surface area contributed by atoms with Crippen LogP contribution in [-0.4, -0.2) is 13.2 Å². The molecule has 1 nitrogen and oxygen atoms in total. The first-order valence-corrected chi connectivity index (χ1v) is 7.62. The Balaban J connectivity index is 2.24. The van der Waals surface area contributed by atoms with Crippen LogP contribution in [0.3, 0.4) is 0 Å². The molecule has 6 heteroatoms. The molecule has 1 fully saturated rings. The predicted octanol–water partition coefficient (Wildman–Crippen LogP) is 5.03. The molecule has 0 radical (unpaired) electrons. The van der Waals surface area contributed by atoms with Crippen LogP contribution >= 0.6 is 22.9 Å². The fraction of sp³-hybridized carbons (Fsp3) is 0.692. The molecule has 1 heterocycles. The second-order valence-electron chi connectivity index (χ2n) is 5.00. The highest BCUT2D eigenvalue weighted by atomic mass is 35.5. The van der Waals surface area contributed by atoms with Crippen molar-refractivity contribution >= 4 is 22.9 Å². The molecular formula is C13H17ClF3NS. The summed E-state index contributed by atoms with van der Waals surface area (Å²) in [5.74, 6) is -1.60. The Morgan fingerprint density at radius 1 is 1.32 bits per heavy atom. The fourth-order valence-corrected chi connectivity index (χ4v) is 4.27. The van der Waals surface area contributed by atoms with Crippen molar-refractivity contribution in [3.63, 3.8) is 0 Å². The van der Waals surface area contributed by atoms with Gasteiger partial charge < -0.3 is 5.32 Å².